The summed E-state index contributed by atoms with van der Waals surface area (Å²) in [5.74, 6) is -1.17. The number of sulfonamides is 1. The summed E-state index contributed by atoms with van der Waals surface area (Å²) < 4.78 is 29.4. The number of nitrogens with one attached hydrogen (secondary N) is 1. The molecular formula is C22H22ClN3O4S. The zero-order chi connectivity index (χ0) is 22.3. The van der Waals surface area contributed by atoms with Crippen LogP contribution in [0.4, 0.5) is 0 Å². The van der Waals surface area contributed by atoms with Gasteiger partial charge in [-0.25, -0.2) is 17.9 Å². The average Bonchev–Trinajstić information content (AvgIpc) is 3.10. The van der Waals surface area contributed by atoms with E-state index in [0.29, 0.717) is 29.2 Å². The number of nitrogens with zero attached hydrogens (tertiary/aromatic N) is 2. The third-order valence-electron chi connectivity index (χ3n) is 4.54. The molecule has 9 heteroatoms. The Kier molecular flexibility index (Phi) is 7.62. The zero-order valence-corrected chi connectivity index (χ0v) is 18.2. The number of hydrogen-bond acceptors (Lipinski definition) is 4. The topological polar surface area (TPSA) is 101 Å². The van der Waals surface area contributed by atoms with Crippen molar-refractivity contribution in [3.63, 3.8) is 0 Å². The molecule has 0 fully saturated rings. The molecular weight excluding hydrogens is 438 g/mol. The normalized spacial score (nSPS) is 11.8. The minimum absolute atomic E-state index is 0.131. The molecule has 0 amide bonds. The lowest BCUT2D eigenvalue weighted by molar-refractivity contribution is -0.131. The molecule has 2 heterocycles. The van der Waals surface area contributed by atoms with Crippen molar-refractivity contribution < 1.29 is 18.3 Å². The highest BCUT2D eigenvalue weighted by molar-refractivity contribution is 7.88. The Balaban J connectivity index is 1.70. The van der Waals surface area contributed by atoms with Gasteiger partial charge in [0.15, 0.2) is 0 Å². The van der Waals surface area contributed by atoms with Gasteiger partial charge in [-0.3, -0.25) is 4.98 Å². The van der Waals surface area contributed by atoms with Crippen LogP contribution in [0.1, 0.15) is 22.5 Å². The molecule has 3 aromatic rings. The van der Waals surface area contributed by atoms with Crippen LogP contribution < -0.4 is 4.72 Å². The van der Waals surface area contributed by atoms with E-state index in [2.05, 4.69) is 9.71 Å². The van der Waals surface area contributed by atoms with E-state index in [9.17, 15) is 13.2 Å². The first kappa shape index (κ1) is 22.7. The van der Waals surface area contributed by atoms with Gasteiger partial charge in [-0.05, 0) is 47.5 Å². The van der Waals surface area contributed by atoms with Crippen molar-refractivity contribution >= 4 is 33.7 Å². The number of carboxylic acid groups (broad SMARTS) is 1. The van der Waals surface area contributed by atoms with Crippen molar-refractivity contribution in [2.75, 3.05) is 6.54 Å². The standard InChI is InChI=1S/C22H22ClN3O4S/c23-19-5-3-17(4-6-19)16-31(29,30)25-13-11-21-8-7-20(9-10-22(27)28)26(21)15-18-2-1-12-24-14-18/h1-10,12,14,25H,11,13,15-16H2,(H,27,28). The molecule has 1 aromatic carbocycles. The van der Waals surface area contributed by atoms with E-state index in [1.54, 1.807) is 36.7 Å². The predicted octanol–water partition coefficient (Wildman–Crippen LogP) is 3.34. The van der Waals surface area contributed by atoms with Crippen molar-refractivity contribution in [2.45, 2.75) is 18.7 Å². The maximum atomic E-state index is 12.4. The van der Waals surface area contributed by atoms with E-state index in [4.69, 9.17) is 16.7 Å². The van der Waals surface area contributed by atoms with Gasteiger partial charge >= 0.3 is 5.97 Å². The van der Waals surface area contributed by atoms with Crippen molar-refractivity contribution in [2.24, 2.45) is 0 Å². The molecule has 0 aliphatic carbocycles. The fraction of sp³-hybridized carbons (Fsp3) is 0.182. The number of halogens is 1. The molecule has 31 heavy (non-hydrogen) atoms. The lowest BCUT2D eigenvalue weighted by Gasteiger charge is -2.13. The second-order valence-corrected chi connectivity index (χ2v) is 9.14. The second-order valence-electron chi connectivity index (χ2n) is 6.90. The SMILES string of the molecule is O=C(O)C=Cc1ccc(CCNS(=O)(=O)Cc2ccc(Cl)cc2)n1Cc1cccnc1. The smallest absolute Gasteiger partial charge is 0.328 e. The Morgan fingerprint density at radius 2 is 1.90 bits per heavy atom. The molecule has 0 aliphatic rings. The number of hydrogen-bond donors (Lipinski definition) is 2. The Hall–Kier alpha value is -2.94. The van der Waals surface area contributed by atoms with Gasteiger partial charge in [0.2, 0.25) is 10.0 Å². The van der Waals surface area contributed by atoms with E-state index in [0.717, 1.165) is 17.3 Å². The minimum Gasteiger partial charge on any atom is -0.478 e. The number of aliphatic carboxylic acids is 1. The molecule has 2 N–H and O–H groups in total. The molecule has 0 unspecified atom stereocenters. The van der Waals surface area contributed by atoms with Crippen LogP contribution in [0.25, 0.3) is 6.08 Å². The first-order valence-corrected chi connectivity index (χ1v) is 11.6. The molecule has 3 rings (SSSR count). The third-order valence-corrected chi connectivity index (χ3v) is 6.15. The maximum Gasteiger partial charge on any atom is 0.328 e. The summed E-state index contributed by atoms with van der Waals surface area (Å²) in [6.45, 7) is 0.710. The van der Waals surface area contributed by atoms with Crippen molar-refractivity contribution in [3.05, 3.63) is 94.5 Å². The van der Waals surface area contributed by atoms with Crippen molar-refractivity contribution in [3.8, 4) is 0 Å². The quantitative estimate of drug-likeness (QED) is 0.453. The summed E-state index contributed by atoms with van der Waals surface area (Å²) in [7, 11) is -3.51. The van der Waals surface area contributed by atoms with E-state index >= 15 is 0 Å². The van der Waals surface area contributed by atoms with Crippen LogP contribution in [-0.4, -0.2) is 35.6 Å². The Bertz CT molecular complexity index is 1160. The molecule has 0 bridgehead atoms. The van der Waals surface area contributed by atoms with Gasteiger partial charge in [-0.1, -0.05) is 29.8 Å². The molecule has 0 saturated carbocycles. The van der Waals surface area contributed by atoms with Gasteiger partial charge in [0.25, 0.3) is 0 Å². The fourth-order valence-electron chi connectivity index (χ4n) is 3.10. The van der Waals surface area contributed by atoms with E-state index in [1.165, 1.54) is 6.08 Å². The largest absolute Gasteiger partial charge is 0.478 e. The van der Waals surface area contributed by atoms with E-state index in [-0.39, 0.29) is 12.3 Å². The summed E-state index contributed by atoms with van der Waals surface area (Å²) in [4.78, 5) is 15.0. The molecule has 7 nitrogen and oxygen atoms in total. The van der Waals surface area contributed by atoms with Crippen LogP contribution in [0.15, 0.2) is 67.0 Å². The summed E-state index contributed by atoms with van der Waals surface area (Å²) in [5.41, 5.74) is 3.19. The van der Waals surface area contributed by atoms with Crippen molar-refractivity contribution in [1.82, 2.24) is 14.3 Å². The number of aromatic nitrogens is 2. The summed E-state index contributed by atoms with van der Waals surface area (Å²) in [6, 6.07) is 14.1. The summed E-state index contributed by atoms with van der Waals surface area (Å²) in [6.07, 6.45) is 6.46. The lowest BCUT2D eigenvalue weighted by atomic mass is 10.2. The van der Waals surface area contributed by atoms with Crippen LogP contribution in [0.2, 0.25) is 5.02 Å². The Morgan fingerprint density at radius 3 is 2.58 bits per heavy atom. The van der Waals surface area contributed by atoms with Crippen LogP contribution in [0.5, 0.6) is 0 Å². The average molecular weight is 460 g/mol. The third kappa shape index (κ3) is 7.06. The van der Waals surface area contributed by atoms with Crippen molar-refractivity contribution in [1.29, 1.82) is 0 Å². The maximum absolute atomic E-state index is 12.4. The van der Waals surface area contributed by atoms with Crippen LogP contribution >= 0.6 is 11.6 Å². The molecule has 0 saturated heterocycles. The van der Waals surface area contributed by atoms with Crippen LogP contribution in [0, 0.1) is 0 Å². The molecule has 0 atom stereocenters. The predicted molar refractivity (Wildman–Crippen MR) is 120 cm³/mol. The molecule has 162 valence electrons. The van der Waals surface area contributed by atoms with Gasteiger partial charge in [-0.15, -0.1) is 0 Å². The Morgan fingerprint density at radius 1 is 1.13 bits per heavy atom. The molecule has 0 radical (unpaired) electrons. The first-order chi connectivity index (χ1) is 14.8. The lowest BCUT2D eigenvalue weighted by Crippen LogP contribution is -2.27. The molecule has 2 aromatic heterocycles. The number of benzene rings is 1. The van der Waals surface area contributed by atoms with Gasteiger partial charge in [0.05, 0.1) is 5.75 Å². The molecule has 0 aliphatic heterocycles. The van der Waals surface area contributed by atoms with Crippen LogP contribution in [-0.2, 0) is 33.5 Å². The van der Waals surface area contributed by atoms with Crippen LogP contribution in [0.3, 0.4) is 0 Å². The van der Waals surface area contributed by atoms with Gasteiger partial charge in [0.1, 0.15) is 0 Å². The van der Waals surface area contributed by atoms with E-state index < -0.39 is 16.0 Å². The molecule has 0 spiro atoms. The van der Waals surface area contributed by atoms with E-state index in [1.807, 2.05) is 28.8 Å². The highest BCUT2D eigenvalue weighted by Crippen LogP contribution is 2.15. The van der Waals surface area contributed by atoms with Gasteiger partial charge < -0.3 is 9.67 Å². The fourth-order valence-corrected chi connectivity index (χ4v) is 4.37. The highest BCUT2D eigenvalue weighted by Gasteiger charge is 2.13. The summed E-state index contributed by atoms with van der Waals surface area (Å²) in [5, 5.41) is 9.49. The number of pyridine rings is 1. The monoisotopic (exact) mass is 459 g/mol. The number of carboxylic acids is 1. The first-order valence-electron chi connectivity index (χ1n) is 9.52. The zero-order valence-electron chi connectivity index (χ0n) is 16.6. The van der Waals surface area contributed by atoms with Gasteiger partial charge in [-0.2, -0.15) is 0 Å². The van der Waals surface area contributed by atoms with Gasteiger partial charge in [0, 0.05) is 54.4 Å². The Labute approximate surface area is 186 Å². The number of rotatable bonds is 10. The summed E-state index contributed by atoms with van der Waals surface area (Å²) >= 11 is 5.84. The minimum atomic E-state index is -3.51. The second kappa shape index (κ2) is 10.4. The number of carbonyl (C=O) groups is 1. The highest BCUT2D eigenvalue weighted by atomic mass is 35.5.